The Morgan fingerprint density at radius 3 is 2.70 bits per heavy atom. The van der Waals surface area contributed by atoms with Crippen LogP contribution in [0.1, 0.15) is 10.4 Å². The van der Waals surface area contributed by atoms with E-state index < -0.39 is 17.4 Å². The van der Waals surface area contributed by atoms with Crippen molar-refractivity contribution in [1.82, 2.24) is 9.55 Å². The number of nitrogens with two attached hydrogens (primary N) is 1. The van der Waals surface area contributed by atoms with Crippen LogP contribution in [-0.2, 0) is 0 Å². The van der Waals surface area contributed by atoms with Crippen molar-refractivity contribution in [3.8, 4) is 0 Å². The number of imidazole rings is 1. The SMILES string of the molecule is Nc1ccc2[nH]c(=O)n(C(=O)c3ccccc3F)c2c1. The lowest BCUT2D eigenvalue weighted by Crippen LogP contribution is -2.25. The van der Waals surface area contributed by atoms with E-state index in [1.165, 1.54) is 30.3 Å². The summed E-state index contributed by atoms with van der Waals surface area (Å²) in [5.41, 5.74) is 6.06. The number of hydrogen-bond acceptors (Lipinski definition) is 3. The molecule has 0 unspecified atom stereocenters. The molecule has 0 aliphatic heterocycles. The Hall–Kier alpha value is -2.89. The van der Waals surface area contributed by atoms with Crippen LogP contribution in [-0.4, -0.2) is 15.5 Å². The van der Waals surface area contributed by atoms with Gasteiger partial charge in [-0.25, -0.2) is 13.8 Å². The summed E-state index contributed by atoms with van der Waals surface area (Å²) in [6.45, 7) is 0. The number of nitrogens with zero attached hydrogens (tertiary/aromatic N) is 1. The maximum absolute atomic E-state index is 13.7. The molecule has 0 saturated carbocycles. The number of carbonyl (C=O) groups is 1. The maximum atomic E-state index is 13.7. The smallest absolute Gasteiger partial charge is 0.333 e. The van der Waals surface area contributed by atoms with Crippen LogP contribution < -0.4 is 11.4 Å². The van der Waals surface area contributed by atoms with Crippen molar-refractivity contribution < 1.29 is 9.18 Å². The van der Waals surface area contributed by atoms with Crippen molar-refractivity contribution in [3.63, 3.8) is 0 Å². The van der Waals surface area contributed by atoms with Gasteiger partial charge in [0.1, 0.15) is 5.82 Å². The summed E-state index contributed by atoms with van der Waals surface area (Å²) in [6, 6.07) is 10.2. The second-order valence-corrected chi connectivity index (χ2v) is 4.33. The van der Waals surface area contributed by atoms with Gasteiger partial charge in [-0.3, -0.25) is 4.79 Å². The number of fused-ring (bicyclic) bond motifs is 1. The third-order valence-corrected chi connectivity index (χ3v) is 3.01. The topological polar surface area (TPSA) is 80.9 Å². The number of nitrogens with one attached hydrogen (secondary N) is 1. The minimum Gasteiger partial charge on any atom is -0.399 e. The summed E-state index contributed by atoms with van der Waals surface area (Å²) in [4.78, 5) is 26.8. The fourth-order valence-electron chi connectivity index (χ4n) is 2.08. The highest BCUT2D eigenvalue weighted by Crippen LogP contribution is 2.16. The van der Waals surface area contributed by atoms with Crippen molar-refractivity contribution in [3.05, 3.63) is 64.3 Å². The molecule has 0 amide bonds. The first-order valence-corrected chi connectivity index (χ1v) is 5.87. The fraction of sp³-hybridized carbons (Fsp3) is 0. The number of halogens is 1. The Balaban J connectivity index is 2.27. The summed E-state index contributed by atoms with van der Waals surface area (Å²) in [6.07, 6.45) is 0. The molecule has 0 aliphatic rings. The second kappa shape index (κ2) is 4.34. The van der Waals surface area contributed by atoms with Crippen LogP contribution in [0, 0.1) is 5.82 Å². The highest BCUT2D eigenvalue weighted by Gasteiger charge is 2.18. The molecule has 0 bridgehead atoms. The van der Waals surface area contributed by atoms with E-state index >= 15 is 0 Å². The van der Waals surface area contributed by atoms with Gasteiger partial charge in [-0.2, -0.15) is 0 Å². The molecule has 5 nitrogen and oxygen atoms in total. The van der Waals surface area contributed by atoms with Gasteiger partial charge in [-0.05, 0) is 30.3 Å². The number of anilines is 1. The Morgan fingerprint density at radius 1 is 1.20 bits per heavy atom. The van der Waals surface area contributed by atoms with Crippen molar-refractivity contribution in [1.29, 1.82) is 0 Å². The summed E-state index contributed by atoms with van der Waals surface area (Å²) in [5.74, 6) is -1.41. The van der Waals surface area contributed by atoms with E-state index in [0.29, 0.717) is 16.7 Å². The predicted octanol–water partition coefficient (Wildman–Crippen LogP) is 1.74. The molecule has 2 aromatic carbocycles. The second-order valence-electron chi connectivity index (χ2n) is 4.33. The van der Waals surface area contributed by atoms with Gasteiger partial charge in [0.25, 0.3) is 5.91 Å². The molecule has 0 spiro atoms. The van der Waals surface area contributed by atoms with E-state index in [9.17, 15) is 14.0 Å². The van der Waals surface area contributed by atoms with Crippen molar-refractivity contribution in [2.75, 3.05) is 5.73 Å². The molecule has 1 heterocycles. The Morgan fingerprint density at radius 2 is 1.95 bits per heavy atom. The van der Waals surface area contributed by atoms with Crippen LogP contribution in [0.2, 0.25) is 0 Å². The Bertz CT molecular complexity index is 880. The molecule has 3 N–H and O–H groups in total. The normalized spacial score (nSPS) is 10.8. The molecular formula is C14H10FN3O2. The molecule has 0 fully saturated rings. The first kappa shape index (κ1) is 12.2. The van der Waals surface area contributed by atoms with Gasteiger partial charge in [-0.1, -0.05) is 12.1 Å². The van der Waals surface area contributed by atoms with Gasteiger partial charge < -0.3 is 10.7 Å². The predicted molar refractivity (Wildman–Crippen MR) is 73.1 cm³/mol. The number of H-pyrrole nitrogens is 1. The quantitative estimate of drug-likeness (QED) is 0.661. The van der Waals surface area contributed by atoms with E-state index in [1.807, 2.05) is 0 Å². The van der Waals surface area contributed by atoms with Crippen molar-refractivity contribution >= 4 is 22.6 Å². The lowest BCUT2D eigenvalue weighted by Gasteiger charge is -2.03. The zero-order valence-corrected chi connectivity index (χ0v) is 10.3. The van der Waals surface area contributed by atoms with E-state index in [1.54, 1.807) is 12.1 Å². The number of aromatic amines is 1. The molecule has 0 radical (unpaired) electrons. The molecule has 1 aromatic heterocycles. The molecule has 0 saturated heterocycles. The van der Waals surface area contributed by atoms with Crippen LogP contribution in [0.4, 0.5) is 10.1 Å². The average Bonchev–Trinajstić information content (AvgIpc) is 2.74. The molecule has 0 aliphatic carbocycles. The standard InChI is InChI=1S/C14H10FN3O2/c15-10-4-2-1-3-9(10)13(19)18-12-7-8(16)5-6-11(12)17-14(18)20/h1-7H,16H2,(H,17,20). The highest BCUT2D eigenvalue weighted by atomic mass is 19.1. The number of nitrogen functional groups attached to an aromatic ring is 1. The van der Waals surface area contributed by atoms with Crippen LogP contribution >= 0.6 is 0 Å². The highest BCUT2D eigenvalue weighted by molar-refractivity contribution is 6.01. The molecular weight excluding hydrogens is 261 g/mol. The third kappa shape index (κ3) is 1.78. The van der Waals surface area contributed by atoms with Gasteiger partial charge >= 0.3 is 5.69 Å². The van der Waals surface area contributed by atoms with E-state index in [-0.39, 0.29) is 5.56 Å². The van der Waals surface area contributed by atoms with E-state index in [4.69, 9.17) is 5.73 Å². The first-order valence-electron chi connectivity index (χ1n) is 5.87. The minimum absolute atomic E-state index is 0.169. The number of aromatic nitrogens is 2. The molecule has 0 atom stereocenters. The zero-order valence-electron chi connectivity index (χ0n) is 10.3. The lowest BCUT2D eigenvalue weighted by molar-refractivity contribution is 0.0957. The molecule has 3 rings (SSSR count). The van der Waals surface area contributed by atoms with Gasteiger partial charge in [0.15, 0.2) is 0 Å². The maximum Gasteiger partial charge on any atom is 0.333 e. The Kier molecular flexibility index (Phi) is 2.64. The summed E-state index contributed by atoms with van der Waals surface area (Å²) in [7, 11) is 0. The van der Waals surface area contributed by atoms with Crippen molar-refractivity contribution in [2.24, 2.45) is 0 Å². The molecule has 6 heteroatoms. The Labute approximate surface area is 112 Å². The molecule has 20 heavy (non-hydrogen) atoms. The van der Waals surface area contributed by atoms with Crippen LogP contribution in [0.5, 0.6) is 0 Å². The molecule has 3 aromatic rings. The summed E-state index contributed by atoms with van der Waals surface area (Å²) in [5, 5.41) is 0. The number of benzene rings is 2. The van der Waals surface area contributed by atoms with Crippen LogP contribution in [0.15, 0.2) is 47.3 Å². The summed E-state index contributed by atoms with van der Waals surface area (Å²) >= 11 is 0. The van der Waals surface area contributed by atoms with E-state index in [0.717, 1.165) is 4.57 Å². The van der Waals surface area contributed by atoms with Gasteiger partial charge in [0.05, 0.1) is 16.6 Å². The lowest BCUT2D eigenvalue weighted by atomic mass is 10.2. The summed E-state index contributed by atoms with van der Waals surface area (Å²) < 4.78 is 14.6. The fourth-order valence-corrected chi connectivity index (χ4v) is 2.08. The first-order chi connectivity index (χ1) is 9.58. The van der Waals surface area contributed by atoms with Gasteiger partial charge in [-0.15, -0.1) is 0 Å². The van der Waals surface area contributed by atoms with E-state index in [2.05, 4.69) is 4.98 Å². The molecule has 100 valence electrons. The average molecular weight is 271 g/mol. The number of carbonyl (C=O) groups excluding carboxylic acids is 1. The van der Waals surface area contributed by atoms with Gasteiger partial charge in [0.2, 0.25) is 0 Å². The monoisotopic (exact) mass is 271 g/mol. The third-order valence-electron chi connectivity index (χ3n) is 3.01. The largest absolute Gasteiger partial charge is 0.399 e. The number of hydrogen-bond donors (Lipinski definition) is 2. The minimum atomic E-state index is -0.732. The van der Waals surface area contributed by atoms with Crippen LogP contribution in [0.3, 0.4) is 0 Å². The van der Waals surface area contributed by atoms with Crippen LogP contribution in [0.25, 0.3) is 11.0 Å². The van der Waals surface area contributed by atoms with Gasteiger partial charge in [0, 0.05) is 5.69 Å². The van der Waals surface area contributed by atoms with Crippen molar-refractivity contribution in [2.45, 2.75) is 0 Å². The zero-order chi connectivity index (χ0) is 14.3. The number of rotatable bonds is 1.